The number of amides is 1. The molecule has 1 saturated heterocycles. The summed E-state index contributed by atoms with van der Waals surface area (Å²) in [4.78, 5) is 13.5. The number of aliphatic hydroxyl groups is 1. The molecule has 1 amide bonds. The molecule has 3 aliphatic rings. The molecule has 1 atom stereocenters. The molecule has 1 unspecified atom stereocenters. The second-order valence-corrected chi connectivity index (χ2v) is 5.67. The van der Waals surface area contributed by atoms with E-state index in [1.165, 1.54) is 11.2 Å². The Kier molecular flexibility index (Phi) is 5.02. The van der Waals surface area contributed by atoms with Gasteiger partial charge in [0.05, 0.1) is 6.54 Å². The molecule has 2 heterocycles. The van der Waals surface area contributed by atoms with Crippen LogP contribution < -0.4 is 0 Å². The van der Waals surface area contributed by atoms with Crippen molar-refractivity contribution in [3.63, 3.8) is 0 Å². The van der Waals surface area contributed by atoms with E-state index in [1.54, 1.807) is 6.26 Å². The largest absolute Gasteiger partial charge is 0.463 e. The van der Waals surface area contributed by atoms with Crippen LogP contribution in [0.4, 0.5) is 4.79 Å². The molecule has 1 aliphatic carbocycles. The normalized spacial score (nSPS) is 23.5. The summed E-state index contributed by atoms with van der Waals surface area (Å²) in [7, 11) is 0. The molecule has 6 nitrogen and oxygen atoms in total. The van der Waals surface area contributed by atoms with Crippen LogP contribution in [-0.2, 0) is 14.2 Å². The molecule has 0 radical (unpaired) electrons. The maximum atomic E-state index is 12.0. The summed E-state index contributed by atoms with van der Waals surface area (Å²) in [5.74, 6) is 0.982. The molecule has 1 fully saturated rings. The lowest BCUT2D eigenvalue weighted by Gasteiger charge is -2.23. The zero-order valence-electron chi connectivity index (χ0n) is 12.9. The Morgan fingerprint density at radius 1 is 1.30 bits per heavy atom. The first-order valence-electron chi connectivity index (χ1n) is 7.96. The number of nitrogens with zero attached hydrogens (tertiary/aromatic N) is 1. The van der Waals surface area contributed by atoms with E-state index in [1.807, 2.05) is 12.2 Å². The van der Waals surface area contributed by atoms with Gasteiger partial charge in [-0.25, -0.2) is 9.69 Å². The minimum atomic E-state index is -0.424. The third-order valence-corrected chi connectivity index (χ3v) is 3.96. The highest BCUT2D eigenvalue weighted by atomic mass is 16.6. The third kappa shape index (κ3) is 3.76. The first kappa shape index (κ1) is 15.7. The lowest BCUT2D eigenvalue weighted by atomic mass is 10.0. The van der Waals surface area contributed by atoms with Crippen molar-refractivity contribution >= 4 is 6.09 Å². The van der Waals surface area contributed by atoms with E-state index in [9.17, 15) is 4.79 Å². The summed E-state index contributed by atoms with van der Waals surface area (Å²) < 4.78 is 16.5. The van der Waals surface area contributed by atoms with Gasteiger partial charge >= 0.3 is 6.09 Å². The summed E-state index contributed by atoms with van der Waals surface area (Å²) >= 11 is 0. The second kappa shape index (κ2) is 7.37. The standard InChI is InChI=1S/C17H21NO5/c19-9-5-4-8-14-10-18(17(20)22-14)16-12-21-11-15(23-16)13-6-2-1-3-7-13/h1-2,6,11-12,14,19H,3-5,7-10H2. The summed E-state index contributed by atoms with van der Waals surface area (Å²) in [5.41, 5.74) is 1.05. The highest BCUT2D eigenvalue weighted by Gasteiger charge is 2.35. The predicted molar refractivity (Wildman–Crippen MR) is 82.7 cm³/mol. The van der Waals surface area contributed by atoms with Crippen molar-refractivity contribution in [3.8, 4) is 0 Å². The van der Waals surface area contributed by atoms with Gasteiger partial charge in [-0.05, 0) is 37.7 Å². The minimum absolute atomic E-state index is 0.157. The van der Waals surface area contributed by atoms with Crippen molar-refractivity contribution in [2.24, 2.45) is 0 Å². The van der Waals surface area contributed by atoms with Gasteiger partial charge in [0.2, 0.25) is 5.88 Å². The van der Waals surface area contributed by atoms with Gasteiger partial charge in [-0.2, -0.15) is 0 Å². The number of rotatable bonds is 6. The average Bonchev–Trinajstić information content (AvgIpc) is 2.97. The molecule has 0 aromatic carbocycles. The summed E-state index contributed by atoms with van der Waals surface area (Å²) in [6, 6.07) is 0. The molecule has 0 bridgehead atoms. The quantitative estimate of drug-likeness (QED) is 0.762. The van der Waals surface area contributed by atoms with Crippen LogP contribution in [0.5, 0.6) is 0 Å². The Morgan fingerprint density at radius 2 is 2.22 bits per heavy atom. The van der Waals surface area contributed by atoms with Gasteiger partial charge in [0, 0.05) is 6.61 Å². The summed E-state index contributed by atoms with van der Waals surface area (Å²) in [6.45, 7) is 0.593. The average molecular weight is 319 g/mol. The monoisotopic (exact) mass is 319 g/mol. The first-order chi connectivity index (χ1) is 11.3. The van der Waals surface area contributed by atoms with Crippen LogP contribution in [-0.4, -0.2) is 35.4 Å². The van der Waals surface area contributed by atoms with Gasteiger partial charge in [0.1, 0.15) is 12.4 Å². The van der Waals surface area contributed by atoms with Crippen LogP contribution in [0.2, 0.25) is 0 Å². The van der Waals surface area contributed by atoms with E-state index < -0.39 is 6.09 Å². The Balaban J connectivity index is 1.59. The van der Waals surface area contributed by atoms with Gasteiger partial charge in [0.15, 0.2) is 12.0 Å². The molecular weight excluding hydrogens is 298 g/mol. The van der Waals surface area contributed by atoms with Crippen LogP contribution in [0.3, 0.4) is 0 Å². The molecule has 1 N–H and O–H groups in total. The van der Waals surface area contributed by atoms with Crippen molar-refractivity contribution in [2.75, 3.05) is 13.2 Å². The van der Waals surface area contributed by atoms with Crippen molar-refractivity contribution < 1.29 is 24.1 Å². The molecule has 23 heavy (non-hydrogen) atoms. The Labute approximate surface area is 135 Å². The van der Waals surface area contributed by atoms with Crippen LogP contribution in [0.1, 0.15) is 32.1 Å². The number of hydrogen-bond acceptors (Lipinski definition) is 5. The Hall–Kier alpha value is -2.21. The number of unbranched alkanes of at least 4 members (excludes halogenated alkanes) is 1. The number of carbonyl (C=O) groups excluding carboxylic acids is 1. The Bertz CT molecular complexity index is 576. The smallest absolute Gasteiger partial charge is 0.417 e. The number of cyclic esters (lactones) is 1. The zero-order chi connectivity index (χ0) is 16.1. The van der Waals surface area contributed by atoms with Gasteiger partial charge in [0.25, 0.3) is 0 Å². The van der Waals surface area contributed by atoms with Crippen LogP contribution in [0, 0.1) is 0 Å². The maximum absolute atomic E-state index is 12.0. The fourth-order valence-corrected chi connectivity index (χ4v) is 2.72. The van der Waals surface area contributed by atoms with Crippen molar-refractivity contribution in [1.82, 2.24) is 4.90 Å². The molecule has 0 aromatic rings. The van der Waals surface area contributed by atoms with Gasteiger partial charge in [-0.1, -0.05) is 18.2 Å². The van der Waals surface area contributed by atoms with Crippen LogP contribution >= 0.6 is 0 Å². The summed E-state index contributed by atoms with van der Waals surface area (Å²) in [5, 5.41) is 8.82. The van der Waals surface area contributed by atoms with Gasteiger partial charge in [-0.15, -0.1) is 0 Å². The van der Waals surface area contributed by atoms with E-state index in [-0.39, 0.29) is 12.7 Å². The van der Waals surface area contributed by atoms with E-state index >= 15 is 0 Å². The zero-order valence-corrected chi connectivity index (χ0v) is 12.9. The minimum Gasteiger partial charge on any atom is -0.463 e. The number of ether oxygens (including phenoxy) is 3. The van der Waals surface area contributed by atoms with Gasteiger partial charge in [-0.3, -0.25) is 0 Å². The third-order valence-electron chi connectivity index (χ3n) is 3.96. The molecule has 0 aromatic heterocycles. The highest BCUT2D eigenvalue weighted by molar-refractivity contribution is 5.71. The number of carbonyl (C=O) groups is 1. The first-order valence-corrected chi connectivity index (χ1v) is 7.96. The molecule has 0 spiro atoms. The predicted octanol–water partition coefficient (Wildman–Crippen LogP) is 2.93. The maximum Gasteiger partial charge on any atom is 0.417 e. The van der Waals surface area contributed by atoms with E-state index in [0.29, 0.717) is 24.6 Å². The van der Waals surface area contributed by atoms with E-state index in [4.69, 9.17) is 19.3 Å². The van der Waals surface area contributed by atoms with Crippen molar-refractivity contribution in [2.45, 2.75) is 38.2 Å². The summed E-state index contributed by atoms with van der Waals surface area (Å²) in [6.07, 6.45) is 12.6. The van der Waals surface area contributed by atoms with E-state index in [2.05, 4.69) is 6.08 Å². The fourth-order valence-electron chi connectivity index (χ4n) is 2.72. The Morgan fingerprint density at radius 3 is 3.00 bits per heavy atom. The van der Waals surface area contributed by atoms with Crippen molar-refractivity contribution in [1.29, 1.82) is 0 Å². The molecule has 6 heteroatoms. The molecule has 2 aliphatic heterocycles. The van der Waals surface area contributed by atoms with Crippen LogP contribution in [0.15, 0.2) is 48.0 Å². The van der Waals surface area contributed by atoms with Crippen molar-refractivity contribution in [3.05, 3.63) is 48.0 Å². The molecule has 124 valence electrons. The lowest BCUT2D eigenvalue weighted by molar-refractivity contribution is 0.116. The number of allylic oxidation sites excluding steroid dienone is 4. The van der Waals surface area contributed by atoms with Crippen LogP contribution in [0.25, 0.3) is 0 Å². The molecular formula is C17H21NO5. The molecule has 0 saturated carbocycles. The fraction of sp³-hybridized carbons (Fsp3) is 0.471. The SMILES string of the molecule is O=C1OC(CCCCO)CN1C1=COC=C(C2=CC=CCC2)O1. The second-order valence-electron chi connectivity index (χ2n) is 5.67. The number of hydrogen-bond donors (Lipinski definition) is 1. The lowest BCUT2D eigenvalue weighted by Crippen LogP contribution is -2.27. The highest BCUT2D eigenvalue weighted by Crippen LogP contribution is 2.29. The van der Waals surface area contributed by atoms with E-state index in [0.717, 1.165) is 31.3 Å². The topological polar surface area (TPSA) is 68.2 Å². The van der Waals surface area contributed by atoms with Gasteiger partial charge < -0.3 is 19.3 Å². The number of aliphatic hydroxyl groups excluding tert-OH is 1. The molecule has 3 rings (SSSR count).